The molecule has 5 rings (SSSR count). The van der Waals surface area contributed by atoms with Crippen molar-refractivity contribution >= 4 is 23.7 Å². The fraction of sp³-hybridized carbons (Fsp3) is 0.200. The van der Waals surface area contributed by atoms with Gasteiger partial charge in [0.25, 0.3) is 11.4 Å². The molecule has 2 atom stereocenters. The van der Waals surface area contributed by atoms with Gasteiger partial charge in [0.1, 0.15) is 36.1 Å². The van der Waals surface area contributed by atoms with Crippen LogP contribution in [0.25, 0.3) is 0 Å². The van der Waals surface area contributed by atoms with E-state index in [2.05, 4.69) is 0 Å². The first kappa shape index (κ1) is 38.4. The van der Waals surface area contributed by atoms with Crippen LogP contribution in [0, 0.1) is 20.2 Å². The molecule has 278 valence electrons. The SMILES string of the molecule is COc1ccc(C(O)(c2ccc(OC(=O)OCC(C)c3ccccc3[N+](=O)[O-])cc2)c2ccc(OC(=O)OCC(C)c3ccccc3[N+](=O)[O-])cc2)cc1. The molecule has 14 heteroatoms. The molecule has 5 aromatic carbocycles. The van der Waals surface area contributed by atoms with Crippen molar-refractivity contribution in [1.29, 1.82) is 0 Å². The number of hydrogen-bond donors (Lipinski definition) is 1. The number of nitrogens with zero attached hydrogens (tertiary/aromatic N) is 2. The Labute approximate surface area is 309 Å². The fourth-order valence-electron chi connectivity index (χ4n) is 5.82. The van der Waals surface area contributed by atoms with E-state index in [-0.39, 0.29) is 36.1 Å². The van der Waals surface area contributed by atoms with Crippen LogP contribution in [-0.4, -0.2) is 47.6 Å². The van der Waals surface area contributed by atoms with Crippen molar-refractivity contribution in [2.45, 2.75) is 31.3 Å². The van der Waals surface area contributed by atoms with Crippen LogP contribution in [0.1, 0.15) is 53.5 Å². The number of aliphatic hydroxyl groups is 1. The third kappa shape index (κ3) is 8.97. The Morgan fingerprint density at radius 1 is 0.593 bits per heavy atom. The smallest absolute Gasteiger partial charge is 0.497 e. The summed E-state index contributed by atoms with van der Waals surface area (Å²) in [6.07, 6.45) is -2.02. The van der Waals surface area contributed by atoms with E-state index >= 15 is 0 Å². The van der Waals surface area contributed by atoms with Gasteiger partial charge in [-0.2, -0.15) is 0 Å². The summed E-state index contributed by atoms with van der Waals surface area (Å²) in [5.41, 5.74) is 0.202. The zero-order valence-corrected chi connectivity index (χ0v) is 29.4. The minimum atomic E-state index is -1.75. The first-order valence-corrected chi connectivity index (χ1v) is 16.6. The Morgan fingerprint density at radius 2 is 0.926 bits per heavy atom. The molecule has 0 aliphatic rings. The molecule has 0 saturated heterocycles. The van der Waals surface area contributed by atoms with Crippen LogP contribution in [0.4, 0.5) is 21.0 Å². The molecule has 0 aliphatic carbocycles. The Morgan fingerprint density at radius 3 is 1.26 bits per heavy atom. The van der Waals surface area contributed by atoms with Crippen molar-refractivity contribution in [3.8, 4) is 17.2 Å². The number of nitro groups is 2. The summed E-state index contributed by atoms with van der Waals surface area (Å²) in [6, 6.07) is 31.4. The van der Waals surface area contributed by atoms with Crippen molar-refractivity contribution in [3.05, 3.63) is 169 Å². The number of para-hydroxylation sites is 2. The van der Waals surface area contributed by atoms with Gasteiger partial charge in [0, 0.05) is 35.1 Å². The number of hydrogen-bond acceptors (Lipinski definition) is 12. The number of ether oxygens (including phenoxy) is 5. The number of rotatable bonds is 14. The summed E-state index contributed by atoms with van der Waals surface area (Å²) in [6.45, 7) is 3.07. The summed E-state index contributed by atoms with van der Waals surface area (Å²) in [5.74, 6) is -0.135. The lowest BCUT2D eigenvalue weighted by atomic mass is 9.80. The number of carbonyl (C=O) groups is 2. The van der Waals surface area contributed by atoms with Crippen molar-refractivity contribution in [2.75, 3.05) is 20.3 Å². The molecule has 0 aliphatic heterocycles. The first-order valence-electron chi connectivity index (χ1n) is 16.6. The summed E-state index contributed by atoms with van der Waals surface area (Å²) in [4.78, 5) is 46.8. The third-order valence-corrected chi connectivity index (χ3v) is 8.69. The van der Waals surface area contributed by atoms with E-state index < -0.39 is 39.6 Å². The topological polar surface area (TPSA) is 187 Å². The summed E-state index contributed by atoms with van der Waals surface area (Å²) >= 11 is 0. The average Bonchev–Trinajstić information content (AvgIpc) is 3.19. The molecule has 5 aromatic rings. The average molecular weight is 737 g/mol. The molecule has 2 unspecified atom stereocenters. The van der Waals surface area contributed by atoms with Gasteiger partial charge >= 0.3 is 12.3 Å². The normalized spacial score (nSPS) is 13.0. The molecular weight excluding hydrogens is 700 g/mol. The van der Waals surface area contributed by atoms with Crippen molar-refractivity contribution < 1.29 is 48.2 Å². The molecule has 0 bridgehead atoms. The summed E-state index contributed by atoms with van der Waals surface area (Å²) in [5, 5.41) is 35.1. The predicted molar refractivity (Wildman–Crippen MR) is 195 cm³/mol. The minimum Gasteiger partial charge on any atom is -0.497 e. The van der Waals surface area contributed by atoms with Gasteiger partial charge in [-0.05, 0) is 53.1 Å². The van der Waals surface area contributed by atoms with E-state index in [9.17, 15) is 34.9 Å². The second-order valence-electron chi connectivity index (χ2n) is 12.2. The maximum absolute atomic E-state index is 12.5. The molecule has 0 spiro atoms. The number of nitro benzene ring substituents is 2. The van der Waals surface area contributed by atoms with E-state index in [1.54, 1.807) is 98.8 Å². The van der Waals surface area contributed by atoms with E-state index in [4.69, 9.17) is 23.7 Å². The standard InChI is InChI=1S/C40H36N2O12/c1-26(34-8-4-6-10-36(34)41(46)47)24-51-38(43)53-32-20-14-29(15-21-32)40(45,28-12-18-31(50-3)19-13-28)30-16-22-33(23-17-30)54-39(44)52-25-27(2)35-9-5-7-11-37(35)42(48)49/h4-23,26-27,45H,24-25H2,1-3H3. The van der Waals surface area contributed by atoms with Crippen LogP contribution in [0.5, 0.6) is 17.2 Å². The quantitative estimate of drug-likeness (QED) is 0.0377. The highest BCUT2D eigenvalue weighted by atomic mass is 16.7. The molecule has 0 saturated carbocycles. The van der Waals surface area contributed by atoms with Crippen LogP contribution >= 0.6 is 0 Å². The zero-order chi connectivity index (χ0) is 38.8. The third-order valence-electron chi connectivity index (χ3n) is 8.69. The van der Waals surface area contributed by atoms with Crippen LogP contribution < -0.4 is 14.2 Å². The summed E-state index contributed by atoms with van der Waals surface area (Å²) < 4.78 is 26.4. The molecule has 54 heavy (non-hydrogen) atoms. The van der Waals surface area contributed by atoms with Crippen molar-refractivity contribution in [3.63, 3.8) is 0 Å². The van der Waals surface area contributed by atoms with Crippen LogP contribution in [-0.2, 0) is 15.1 Å². The highest BCUT2D eigenvalue weighted by molar-refractivity contribution is 5.65. The Hall–Kier alpha value is -6.80. The van der Waals surface area contributed by atoms with Crippen LogP contribution in [0.3, 0.4) is 0 Å². The van der Waals surface area contributed by atoms with Gasteiger partial charge in [0.2, 0.25) is 0 Å². The molecule has 0 amide bonds. The molecule has 0 radical (unpaired) electrons. The van der Waals surface area contributed by atoms with Gasteiger partial charge in [-0.25, -0.2) is 9.59 Å². The maximum Gasteiger partial charge on any atom is 0.513 e. The van der Waals surface area contributed by atoms with E-state index in [0.717, 1.165) is 0 Å². The van der Waals surface area contributed by atoms with Gasteiger partial charge in [-0.3, -0.25) is 20.2 Å². The second-order valence-corrected chi connectivity index (χ2v) is 12.2. The molecule has 0 aromatic heterocycles. The fourth-order valence-corrected chi connectivity index (χ4v) is 5.82. The van der Waals surface area contributed by atoms with E-state index in [1.807, 2.05) is 0 Å². The predicted octanol–water partition coefficient (Wildman–Crippen LogP) is 8.43. The lowest BCUT2D eigenvalue weighted by Gasteiger charge is -2.30. The molecule has 0 fully saturated rings. The highest BCUT2D eigenvalue weighted by Crippen LogP contribution is 2.39. The monoisotopic (exact) mass is 736 g/mol. The van der Waals surface area contributed by atoms with Gasteiger partial charge in [0.05, 0.1) is 17.0 Å². The van der Waals surface area contributed by atoms with Crippen LogP contribution in [0.2, 0.25) is 0 Å². The maximum atomic E-state index is 12.5. The minimum absolute atomic E-state index is 0.0765. The first-order chi connectivity index (χ1) is 25.9. The van der Waals surface area contributed by atoms with E-state index in [1.165, 1.54) is 43.5 Å². The lowest BCUT2D eigenvalue weighted by Crippen LogP contribution is -2.28. The van der Waals surface area contributed by atoms with Gasteiger partial charge in [0.15, 0.2) is 0 Å². The van der Waals surface area contributed by atoms with Crippen LogP contribution in [0.15, 0.2) is 121 Å². The van der Waals surface area contributed by atoms with Crippen molar-refractivity contribution in [2.24, 2.45) is 0 Å². The molecule has 1 N–H and O–H groups in total. The largest absolute Gasteiger partial charge is 0.513 e. The number of methoxy groups -OCH3 is 1. The highest BCUT2D eigenvalue weighted by Gasteiger charge is 2.34. The Balaban J connectivity index is 1.27. The van der Waals surface area contributed by atoms with Gasteiger partial charge < -0.3 is 28.8 Å². The molecule has 14 nitrogen and oxygen atoms in total. The Kier molecular flexibility index (Phi) is 12.2. The van der Waals surface area contributed by atoms with E-state index in [0.29, 0.717) is 33.6 Å². The summed E-state index contributed by atoms with van der Waals surface area (Å²) in [7, 11) is 1.52. The number of carbonyl (C=O) groups excluding carboxylic acids is 2. The Bertz CT molecular complexity index is 1980. The second kappa shape index (κ2) is 17.1. The zero-order valence-electron chi connectivity index (χ0n) is 29.4. The number of benzene rings is 5. The van der Waals surface area contributed by atoms with Gasteiger partial charge in [-0.1, -0.05) is 86.6 Å². The molecule has 0 heterocycles. The molecular formula is C40H36N2O12. The lowest BCUT2D eigenvalue weighted by molar-refractivity contribution is -0.385. The van der Waals surface area contributed by atoms with Gasteiger partial charge in [-0.15, -0.1) is 0 Å². The van der Waals surface area contributed by atoms with Crippen molar-refractivity contribution in [1.82, 2.24) is 0 Å².